The van der Waals surface area contributed by atoms with Gasteiger partial charge in [0.25, 0.3) is 0 Å². The summed E-state index contributed by atoms with van der Waals surface area (Å²) in [6.07, 6.45) is -4.58. The van der Waals surface area contributed by atoms with E-state index < -0.39 is 29.1 Å². The van der Waals surface area contributed by atoms with Gasteiger partial charge >= 0.3 is 6.18 Å². The van der Waals surface area contributed by atoms with Crippen molar-refractivity contribution in [1.29, 1.82) is 0 Å². The molecule has 0 aromatic heterocycles. The summed E-state index contributed by atoms with van der Waals surface area (Å²) in [5.41, 5.74) is -1.05. The van der Waals surface area contributed by atoms with Crippen molar-refractivity contribution < 1.29 is 26.7 Å². The van der Waals surface area contributed by atoms with Gasteiger partial charge in [-0.1, -0.05) is 12.1 Å². The molecule has 0 saturated carbocycles. The van der Waals surface area contributed by atoms with E-state index >= 15 is 0 Å². The van der Waals surface area contributed by atoms with Gasteiger partial charge in [-0.05, 0) is 30.3 Å². The highest BCUT2D eigenvalue weighted by atomic mass is 19.4. The summed E-state index contributed by atoms with van der Waals surface area (Å²) in [4.78, 5) is 0. The zero-order chi connectivity index (χ0) is 14.0. The predicted molar refractivity (Wildman–Crippen MR) is 56.7 cm³/mol. The van der Waals surface area contributed by atoms with E-state index in [1.54, 1.807) is 0 Å². The van der Waals surface area contributed by atoms with Crippen molar-refractivity contribution in [3.05, 3.63) is 59.7 Å². The Morgan fingerprint density at radius 1 is 1.05 bits per heavy atom. The molecule has 0 fully saturated rings. The van der Waals surface area contributed by atoms with E-state index in [2.05, 4.69) is 0 Å². The molecule has 0 atom stereocenters. The van der Waals surface area contributed by atoms with Gasteiger partial charge in [0.1, 0.15) is 5.75 Å². The van der Waals surface area contributed by atoms with Crippen LogP contribution in [-0.2, 0) is 6.18 Å². The van der Waals surface area contributed by atoms with Crippen molar-refractivity contribution >= 4 is 0 Å². The summed E-state index contributed by atoms with van der Waals surface area (Å²) in [5, 5.41) is 0. The Morgan fingerprint density at radius 3 is 2.47 bits per heavy atom. The third-order valence-electron chi connectivity index (χ3n) is 2.22. The van der Waals surface area contributed by atoms with Crippen molar-refractivity contribution in [3.8, 4) is 11.5 Å². The minimum absolute atomic E-state index is 0.254. The van der Waals surface area contributed by atoms with Crippen LogP contribution in [0.15, 0.2) is 36.4 Å². The molecule has 2 aromatic carbocycles. The third kappa shape index (κ3) is 3.01. The van der Waals surface area contributed by atoms with Gasteiger partial charge in [-0.3, -0.25) is 0 Å². The number of halogens is 5. The molecule has 0 saturated heterocycles. The molecule has 1 radical (unpaired) electrons. The first kappa shape index (κ1) is 13.3. The Bertz CT molecular complexity index is 592. The van der Waals surface area contributed by atoms with Gasteiger partial charge in [0.2, 0.25) is 5.82 Å². The first-order chi connectivity index (χ1) is 8.88. The van der Waals surface area contributed by atoms with Gasteiger partial charge in [-0.2, -0.15) is 17.6 Å². The average molecular weight is 273 g/mol. The molecule has 0 aliphatic rings. The van der Waals surface area contributed by atoms with Gasteiger partial charge < -0.3 is 4.74 Å². The Hall–Kier alpha value is -2.11. The van der Waals surface area contributed by atoms with Crippen molar-refractivity contribution in [3.63, 3.8) is 0 Å². The van der Waals surface area contributed by atoms with Crippen LogP contribution in [0.3, 0.4) is 0 Å². The molecule has 6 heteroatoms. The highest BCUT2D eigenvalue weighted by Crippen LogP contribution is 2.33. The molecule has 0 heterocycles. The monoisotopic (exact) mass is 273 g/mol. The van der Waals surface area contributed by atoms with Crippen LogP contribution in [0.5, 0.6) is 11.5 Å². The van der Waals surface area contributed by atoms with E-state index in [-0.39, 0.29) is 5.75 Å². The summed E-state index contributed by atoms with van der Waals surface area (Å²) in [6, 6.07) is 7.98. The minimum atomic E-state index is -4.58. The Labute approximate surface area is 105 Å². The largest absolute Gasteiger partial charge is 0.454 e. The van der Waals surface area contributed by atoms with Crippen molar-refractivity contribution in [2.45, 2.75) is 6.18 Å². The highest BCUT2D eigenvalue weighted by Gasteiger charge is 2.31. The fourth-order valence-electron chi connectivity index (χ4n) is 1.36. The van der Waals surface area contributed by atoms with Crippen LogP contribution in [0.4, 0.5) is 22.0 Å². The van der Waals surface area contributed by atoms with Gasteiger partial charge in [-0.15, -0.1) is 0 Å². The quantitative estimate of drug-likeness (QED) is 0.728. The number of ether oxygens (including phenoxy) is 1. The molecule has 0 bridgehead atoms. The average Bonchev–Trinajstić information content (AvgIpc) is 2.34. The molecule has 1 nitrogen and oxygen atoms in total. The fourth-order valence-corrected chi connectivity index (χ4v) is 1.36. The normalized spacial score (nSPS) is 11.4. The maximum absolute atomic E-state index is 13.3. The zero-order valence-electron chi connectivity index (χ0n) is 9.26. The second-order valence-electron chi connectivity index (χ2n) is 3.59. The molecule has 0 N–H and O–H groups in total. The Kier molecular flexibility index (Phi) is 3.42. The molecule has 99 valence electrons. The van der Waals surface area contributed by atoms with E-state index in [1.165, 1.54) is 12.1 Å². The highest BCUT2D eigenvalue weighted by molar-refractivity contribution is 5.35. The lowest BCUT2D eigenvalue weighted by atomic mass is 10.2. The lowest BCUT2D eigenvalue weighted by Crippen LogP contribution is -2.05. The van der Waals surface area contributed by atoms with Gasteiger partial charge in [0, 0.05) is 0 Å². The van der Waals surface area contributed by atoms with Crippen LogP contribution in [0.1, 0.15) is 5.56 Å². The van der Waals surface area contributed by atoms with Crippen molar-refractivity contribution in [2.75, 3.05) is 0 Å². The first-order valence-corrected chi connectivity index (χ1v) is 5.09. The second kappa shape index (κ2) is 4.87. The van der Waals surface area contributed by atoms with Crippen LogP contribution < -0.4 is 4.74 Å². The summed E-state index contributed by atoms with van der Waals surface area (Å²) < 4.78 is 68.4. The van der Waals surface area contributed by atoms with Gasteiger partial charge in [0.05, 0.1) is 5.56 Å². The molecule has 0 unspecified atom stereocenters. The number of hydrogen-bond acceptors (Lipinski definition) is 1. The summed E-state index contributed by atoms with van der Waals surface area (Å²) in [7, 11) is 0. The third-order valence-corrected chi connectivity index (χ3v) is 2.22. The number of benzene rings is 2. The molecular weight excluding hydrogens is 267 g/mol. The standard InChI is InChI=1S/C13H6F5O/c14-10-5-2-6-11(12(10)15)19-9-4-1-3-8(7-9)13(16,17)18/h1-2,4-7H. The first-order valence-electron chi connectivity index (χ1n) is 5.09. The number of hydrogen-bond donors (Lipinski definition) is 0. The van der Waals surface area contributed by atoms with E-state index in [9.17, 15) is 22.0 Å². The minimum Gasteiger partial charge on any atom is -0.454 e. The van der Waals surface area contributed by atoms with Crippen LogP contribution in [0.2, 0.25) is 0 Å². The molecule has 0 spiro atoms. The zero-order valence-corrected chi connectivity index (χ0v) is 9.26. The maximum atomic E-state index is 13.3. The van der Waals surface area contributed by atoms with Crippen LogP contribution in [0, 0.1) is 17.7 Å². The van der Waals surface area contributed by atoms with Crippen molar-refractivity contribution in [1.82, 2.24) is 0 Å². The summed E-state index contributed by atoms with van der Waals surface area (Å²) >= 11 is 0. The topological polar surface area (TPSA) is 9.23 Å². The smallest absolute Gasteiger partial charge is 0.417 e. The van der Waals surface area contributed by atoms with Gasteiger partial charge in [0.15, 0.2) is 11.6 Å². The summed E-state index contributed by atoms with van der Waals surface area (Å²) in [5.74, 6) is -3.14. The number of alkyl halides is 3. The van der Waals surface area contributed by atoms with E-state index in [1.807, 2.05) is 6.07 Å². The van der Waals surface area contributed by atoms with E-state index in [0.29, 0.717) is 6.07 Å². The fraction of sp³-hybridized carbons (Fsp3) is 0.0769. The molecule has 2 rings (SSSR count). The van der Waals surface area contributed by atoms with Crippen LogP contribution >= 0.6 is 0 Å². The molecular formula is C13H6F5O. The lowest BCUT2D eigenvalue weighted by Gasteiger charge is -2.10. The molecule has 0 aliphatic carbocycles. The van der Waals surface area contributed by atoms with Gasteiger partial charge in [-0.25, -0.2) is 4.39 Å². The lowest BCUT2D eigenvalue weighted by molar-refractivity contribution is -0.137. The molecule has 0 aliphatic heterocycles. The van der Waals surface area contributed by atoms with Crippen LogP contribution in [0.25, 0.3) is 0 Å². The van der Waals surface area contributed by atoms with E-state index in [0.717, 1.165) is 18.2 Å². The number of rotatable bonds is 2. The van der Waals surface area contributed by atoms with Crippen molar-refractivity contribution in [2.24, 2.45) is 0 Å². The summed E-state index contributed by atoms with van der Waals surface area (Å²) in [6.45, 7) is 0. The molecule has 19 heavy (non-hydrogen) atoms. The van der Waals surface area contributed by atoms with Crippen LogP contribution in [-0.4, -0.2) is 0 Å². The predicted octanol–water partition coefficient (Wildman–Crippen LogP) is 4.58. The molecule has 2 aromatic rings. The maximum Gasteiger partial charge on any atom is 0.417 e. The Balaban J connectivity index is 2.31. The Morgan fingerprint density at radius 2 is 1.79 bits per heavy atom. The van der Waals surface area contributed by atoms with E-state index in [4.69, 9.17) is 4.74 Å². The SMILES string of the molecule is Fc1cccc(Oc2cc[c]c(C(F)(F)F)c2)c1F. The second-order valence-corrected chi connectivity index (χ2v) is 3.59. The molecule has 0 amide bonds.